The summed E-state index contributed by atoms with van der Waals surface area (Å²) in [6.45, 7) is 0.634. The lowest BCUT2D eigenvalue weighted by atomic mass is 10.1. The highest BCUT2D eigenvalue weighted by Gasteiger charge is 2.42. The molecule has 0 aliphatic carbocycles. The molecule has 0 spiro atoms. The van der Waals surface area contributed by atoms with Crippen LogP contribution in [0.5, 0.6) is 0 Å². The van der Waals surface area contributed by atoms with E-state index in [0.29, 0.717) is 13.0 Å². The van der Waals surface area contributed by atoms with Crippen molar-refractivity contribution in [1.82, 2.24) is 9.80 Å². The zero-order valence-corrected chi connectivity index (χ0v) is 9.85. The fourth-order valence-electron chi connectivity index (χ4n) is 2.42. The Morgan fingerprint density at radius 2 is 2.24 bits per heavy atom. The number of carbonyl (C=O) groups is 3. The van der Waals surface area contributed by atoms with Crippen LogP contribution in [0, 0.1) is 0 Å². The van der Waals surface area contributed by atoms with Gasteiger partial charge in [0, 0.05) is 13.7 Å². The molecule has 94 valence electrons. The molecule has 6 heteroatoms. The Morgan fingerprint density at radius 3 is 2.94 bits per heavy atom. The summed E-state index contributed by atoms with van der Waals surface area (Å²) in [5.41, 5.74) is 0. The molecule has 2 aliphatic heterocycles. The summed E-state index contributed by atoms with van der Waals surface area (Å²) >= 11 is 0. The molecule has 2 fully saturated rings. The molecule has 0 saturated carbocycles. The molecule has 0 aromatic rings. The van der Waals surface area contributed by atoms with Gasteiger partial charge in [0.1, 0.15) is 19.2 Å². The summed E-state index contributed by atoms with van der Waals surface area (Å²) < 4.78 is 4.71. The monoisotopic (exact) mass is 240 g/mol. The molecule has 2 amide bonds. The second-order valence-corrected chi connectivity index (χ2v) is 4.41. The third-order valence-corrected chi connectivity index (χ3v) is 3.17. The number of piperazine rings is 1. The van der Waals surface area contributed by atoms with E-state index >= 15 is 0 Å². The smallest absolute Gasteiger partial charge is 0.246 e. The first-order chi connectivity index (χ1) is 8.13. The van der Waals surface area contributed by atoms with Gasteiger partial charge in [0.05, 0.1) is 6.54 Å². The van der Waals surface area contributed by atoms with Crippen molar-refractivity contribution in [3.63, 3.8) is 0 Å². The summed E-state index contributed by atoms with van der Waals surface area (Å²) in [4.78, 5) is 38.2. The van der Waals surface area contributed by atoms with Gasteiger partial charge in [0.25, 0.3) is 0 Å². The standard InChI is InChI=1S/C11H16N2O4/c1-17-7-8(14)5-12-6-10(15)13-4-2-3-9(13)11(12)16/h9H,2-7H2,1H3. The molecule has 2 heterocycles. The van der Waals surface area contributed by atoms with Crippen LogP contribution in [0.3, 0.4) is 0 Å². The van der Waals surface area contributed by atoms with E-state index in [1.165, 1.54) is 12.0 Å². The molecule has 1 atom stereocenters. The van der Waals surface area contributed by atoms with Crippen LogP contribution < -0.4 is 0 Å². The molecule has 2 saturated heterocycles. The highest BCUT2D eigenvalue weighted by atomic mass is 16.5. The summed E-state index contributed by atoms with van der Waals surface area (Å²) in [5.74, 6) is -0.344. The predicted octanol–water partition coefficient (Wildman–Crippen LogP) is -0.965. The normalized spacial score (nSPS) is 24.2. The van der Waals surface area contributed by atoms with Crippen LogP contribution in [0.1, 0.15) is 12.8 Å². The van der Waals surface area contributed by atoms with Crippen LogP contribution in [0.2, 0.25) is 0 Å². The van der Waals surface area contributed by atoms with E-state index in [1.807, 2.05) is 0 Å². The van der Waals surface area contributed by atoms with E-state index < -0.39 is 0 Å². The average Bonchev–Trinajstić information content (AvgIpc) is 2.75. The van der Waals surface area contributed by atoms with Gasteiger partial charge in [-0.1, -0.05) is 0 Å². The summed E-state index contributed by atoms with van der Waals surface area (Å²) in [7, 11) is 1.43. The van der Waals surface area contributed by atoms with E-state index in [-0.39, 0.29) is 43.3 Å². The molecule has 0 N–H and O–H groups in total. The predicted molar refractivity (Wildman–Crippen MR) is 58.2 cm³/mol. The fourth-order valence-corrected chi connectivity index (χ4v) is 2.42. The molecule has 0 aromatic carbocycles. The molecular formula is C11H16N2O4. The first-order valence-corrected chi connectivity index (χ1v) is 5.72. The Morgan fingerprint density at radius 1 is 1.47 bits per heavy atom. The van der Waals surface area contributed by atoms with Gasteiger partial charge in [-0.05, 0) is 12.8 Å². The van der Waals surface area contributed by atoms with Crippen molar-refractivity contribution in [3.05, 3.63) is 0 Å². The summed E-state index contributed by atoms with van der Waals surface area (Å²) in [6, 6.07) is -0.341. The third-order valence-electron chi connectivity index (χ3n) is 3.17. The maximum Gasteiger partial charge on any atom is 0.246 e. The van der Waals surface area contributed by atoms with E-state index in [2.05, 4.69) is 0 Å². The Balaban J connectivity index is 2.02. The van der Waals surface area contributed by atoms with Gasteiger partial charge in [0.2, 0.25) is 11.8 Å². The maximum absolute atomic E-state index is 12.0. The molecule has 0 radical (unpaired) electrons. The number of methoxy groups -OCH3 is 1. The molecule has 2 rings (SSSR count). The molecule has 0 bridgehead atoms. The van der Waals surface area contributed by atoms with Crippen molar-refractivity contribution in [3.8, 4) is 0 Å². The molecule has 2 aliphatic rings. The number of amides is 2. The zero-order valence-electron chi connectivity index (χ0n) is 9.85. The van der Waals surface area contributed by atoms with Crippen LogP contribution in [0.4, 0.5) is 0 Å². The number of fused-ring (bicyclic) bond motifs is 1. The molecule has 6 nitrogen and oxygen atoms in total. The lowest BCUT2D eigenvalue weighted by Gasteiger charge is -2.35. The number of nitrogens with zero attached hydrogens (tertiary/aromatic N) is 2. The Bertz CT molecular complexity index is 355. The lowest BCUT2D eigenvalue weighted by molar-refractivity contribution is -0.154. The number of hydrogen-bond donors (Lipinski definition) is 0. The van der Waals surface area contributed by atoms with E-state index in [4.69, 9.17) is 4.74 Å². The van der Waals surface area contributed by atoms with Crippen molar-refractivity contribution in [1.29, 1.82) is 0 Å². The number of Topliss-reactive ketones (excluding diaryl/α,β-unsaturated/α-hetero) is 1. The van der Waals surface area contributed by atoms with Gasteiger partial charge in [0.15, 0.2) is 5.78 Å². The van der Waals surface area contributed by atoms with Gasteiger partial charge in [-0.2, -0.15) is 0 Å². The minimum Gasteiger partial charge on any atom is -0.377 e. The van der Waals surface area contributed by atoms with Gasteiger partial charge >= 0.3 is 0 Å². The fraction of sp³-hybridized carbons (Fsp3) is 0.727. The molecule has 1 unspecified atom stereocenters. The minimum atomic E-state index is -0.341. The first kappa shape index (κ1) is 12.0. The third kappa shape index (κ3) is 2.31. The largest absolute Gasteiger partial charge is 0.377 e. The van der Waals surface area contributed by atoms with Crippen molar-refractivity contribution in [2.45, 2.75) is 18.9 Å². The SMILES string of the molecule is COCC(=O)CN1CC(=O)N2CCCC2C1=O. The number of ketones is 1. The average molecular weight is 240 g/mol. The van der Waals surface area contributed by atoms with Gasteiger partial charge in [-0.15, -0.1) is 0 Å². The highest BCUT2D eigenvalue weighted by molar-refractivity contribution is 5.97. The number of carbonyl (C=O) groups excluding carboxylic acids is 3. The van der Waals surface area contributed by atoms with Gasteiger partial charge < -0.3 is 14.5 Å². The number of hydrogen-bond acceptors (Lipinski definition) is 4. The Kier molecular flexibility index (Phi) is 3.42. The Labute approximate surface area is 99.5 Å². The summed E-state index contributed by atoms with van der Waals surface area (Å²) in [6.07, 6.45) is 1.57. The second kappa shape index (κ2) is 4.83. The van der Waals surface area contributed by atoms with Crippen molar-refractivity contribution >= 4 is 17.6 Å². The minimum absolute atomic E-state index is 0.0186. The first-order valence-electron chi connectivity index (χ1n) is 5.72. The quantitative estimate of drug-likeness (QED) is 0.634. The molecular weight excluding hydrogens is 224 g/mol. The van der Waals surface area contributed by atoms with Crippen LogP contribution in [-0.4, -0.2) is 66.8 Å². The maximum atomic E-state index is 12.0. The lowest BCUT2D eigenvalue weighted by Crippen LogP contribution is -2.58. The molecule has 0 aromatic heterocycles. The van der Waals surface area contributed by atoms with Crippen molar-refractivity contribution < 1.29 is 19.1 Å². The van der Waals surface area contributed by atoms with Crippen LogP contribution in [0.15, 0.2) is 0 Å². The summed E-state index contributed by atoms with van der Waals surface area (Å²) in [5, 5.41) is 0. The van der Waals surface area contributed by atoms with Gasteiger partial charge in [-0.25, -0.2) is 0 Å². The van der Waals surface area contributed by atoms with Crippen LogP contribution in [-0.2, 0) is 19.1 Å². The van der Waals surface area contributed by atoms with Gasteiger partial charge in [-0.3, -0.25) is 14.4 Å². The second-order valence-electron chi connectivity index (χ2n) is 4.41. The number of rotatable bonds is 4. The molecule has 17 heavy (non-hydrogen) atoms. The van der Waals surface area contributed by atoms with Crippen LogP contribution >= 0.6 is 0 Å². The van der Waals surface area contributed by atoms with E-state index in [9.17, 15) is 14.4 Å². The zero-order chi connectivity index (χ0) is 12.4. The highest BCUT2D eigenvalue weighted by Crippen LogP contribution is 2.23. The van der Waals surface area contributed by atoms with Crippen molar-refractivity contribution in [2.75, 3.05) is 33.4 Å². The van der Waals surface area contributed by atoms with E-state index in [0.717, 1.165) is 6.42 Å². The van der Waals surface area contributed by atoms with Crippen LogP contribution in [0.25, 0.3) is 0 Å². The number of ether oxygens (including phenoxy) is 1. The Hall–Kier alpha value is -1.43. The topological polar surface area (TPSA) is 66.9 Å². The van der Waals surface area contributed by atoms with Crippen molar-refractivity contribution in [2.24, 2.45) is 0 Å². The van der Waals surface area contributed by atoms with E-state index in [1.54, 1.807) is 4.90 Å².